The Bertz CT molecular complexity index is 895. The van der Waals surface area contributed by atoms with Crippen LogP contribution in [0, 0.1) is 0 Å². The van der Waals surface area contributed by atoms with Crippen LogP contribution >= 0.6 is 0 Å². The van der Waals surface area contributed by atoms with Gasteiger partial charge in [-0.2, -0.15) is 5.10 Å². The number of aliphatic hydroxyl groups is 1. The number of hydrogen-bond donors (Lipinski definition) is 4. The number of hydrogen-bond acceptors (Lipinski definition) is 6. The number of benzene rings is 2. The van der Waals surface area contributed by atoms with E-state index in [1.165, 1.54) is 6.92 Å². The Morgan fingerprint density at radius 1 is 1.21 bits per heavy atom. The minimum absolute atomic E-state index is 0.109. The quantitative estimate of drug-likeness (QED) is 0.398. The Hall–Kier alpha value is -3.10. The first-order valence-electron chi connectivity index (χ1n) is 9.06. The van der Waals surface area contributed by atoms with Gasteiger partial charge in [-0.1, -0.05) is 6.07 Å². The maximum atomic E-state index is 11.0. The first-order valence-corrected chi connectivity index (χ1v) is 9.06. The lowest BCUT2D eigenvalue weighted by Crippen LogP contribution is -2.33. The molecule has 1 amide bonds. The Kier molecular flexibility index (Phi) is 6.83. The third-order valence-corrected chi connectivity index (χ3v) is 3.98. The number of aromatic nitrogens is 2. The minimum atomic E-state index is -0.640. The number of rotatable bonds is 10. The largest absolute Gasteiger partial charge is 0.492 e. The van der Waals surface area contributed by atoms with Crippen molar-refractivity contribution in [3.8, 4) is 11.5 Å². The van der Waals surface area contributed by atoms with Crippen molar-refractivity contribution in [1.82, 2.24) is 15.5 Å². The highest BCUT2D eigenvalue weighted by atomic mass is 16.5. The number of amides is 1. The van der Waals surface area contributed by atoms with Gasteiger partial charge < -0.3 is 25.2 Å². The molecule has 8 heteroatoms. The summed E-state index contributed by atoms with van der Waals surface area (Å²) >= 11 is 0. The van der Waals surface area contributed by atoms with Crippen LogP contribution in [0.15, 0.2) is 48.7 Å². The van der Waals surface area contributed by atoms with Crippen molar-refractivity contribution in [3.05, 3.63) is 48.7 Å². The monoisotopic (exact) mass is 384 g/mol. The molecule has 4 N–H and O–H groups in total. The number of ether oxygens (including phenoxy) is 2. The summed E-state index contributed by atoms with van der Waals surface area (Å²) in [5.41, 5.74) is 1.62. The first kappa shape index (κ1) is 19.7. The Balaban J connectivity index is 1.31. The third kappa shape index (κ3) is 5.70. The van der Waals surface area contributed by atoms with E-state index in [4.69, 9.17) is 9.47 Å². The molecule has 3 aromatic rings. The molecular formula is C20H24N4O4. The van der Waals surface area contributed by atoms with Gasteiger partial charge in [-0.15, -0.1) is 0 Å². The van der Waals surface area contributed by atoms with E-state index in [2.05, 4.69) is 20.8 Å². The number of carbonyl (C=O) groups is 1. The van der Waals surface area contributed by atoms with Crippen molar-refractivity contribution in [1.29, 1.82) is 0 Å². The standard InChI is InChI=1S/C20H24N4O4/c1-14(25)23-15-5-7-17(8-6-15)27-10-9-21-11-16(26)13-28-20-4-2-3-19-18(20)12-22-24-19/h2-8,12,16,21,26H,9-11,13H2,1H3,(H,22,24)(H,23,25). The van der Waals surface area contributed by atoms with E-state index in [9.17, 15) is 9.90 Å². The average molecular weight is 384 g/mol. The smallest absolute Gasteiger partial charge is 0.221 e. The number of carbonyl (C=O) groups excluding carboxylic acids is 1. The number of fused-ring (bicyclic) bond motifs is 1. The summed E-state index contributed by atoms with van der Waals surface area (Å²) in [6.45, 7) is 3.09. The molecule has 28 heavy (non-hydrogen) atoms. The maximum Gasteiger partial charge on any atom is 0.221 e. The Morgan fingerprint density at radius 2 is 2.04 bits per heavy atom. The molecule has 0 spiro atoms. The van der Waals surface area contributed by atoms with Crippen LogP contribution in [0.4, 0.5) is 5.69 Å². The SMILES string of the molecule is CC(=O)Nc1ccc(OCCNCC(O)COc2cccc3[nH]ncc23)cc1. The molecule has 1 unspecified atom stereocenters. The highest BCUT2D eigenvalue weighted by molar-refractivity contribution is 5.88. The molecule has 0 saturated heterocycles. The molecule has 0 aliphatic carbocycles. The second kappa shape index (κ2) is 9.72. The van der Waals surface area contributed by atoms with Crippen molar-refractivity contribution < 1.29 is 19.4 Å². The van der Waals surface area contributed by atoms with Gasteiger partial charge in [-0.05, 0) is 36.4 Å². The lowest BCUT2D eigenvalue weighted by molar-refractivity contribution is -0.114. The fourth-order valence-corrected chi connectivity index (χ4v) is 2.66. The molecule has 0 bridgehead atoms. The summed E-state index contributed by atoms with van der Waals surface area (Å²) in [6.07, 6.45) is 1.06. The molecule has 0 aliphatic heterocycles. The number of aromatic amines is 1. The van der Waals surface area contributed by atoms with Gasteiger partial charge in [0.15, 0.2) is 0 Å². The molecule has 0 saturated carbocycles. The van der Waals surface area contributed by atoms with Gasteiger partial charge in [-0.25, -0.2) is 0 Å². The van der Waals surface area contributed by atoms with Gasteiger partial charge in [0.1, 0.15) is 30.8 Å². The van der Waals surface area contributed by atoms with E-state index in [1.54, 1.807) is 30.5 Å². The van der Waals surface area contributed by atoms with Crippen LogP contribution < -0.4 is 20.1 Å². The first-order chi connectivity index (χ1) is 13.6. The van der Waals surface area contributed by atoms with E-state index in [-0.39, 0.29) is 12.5 Å². The van der Waals surface area contributed by atoms with Gasteiger partial charge in [0, 0.05) is 25.7 Å². The fraction of sp³-hybridized carbons (Fsp3) is 0.300. The summed E-state index contributed by atoms with van der Waals surface area (Å²) in [5.74, 6) is 1.30. The molecule has 0 fully saturated rings. The van der Waals surface area contributed by atoms with Gasteiger partial charge in [0.25, 0.3) is 0 Å². The highest BCUT2D eigenvalue weighted by Crippen LogP contribution is 2.23. The lowest BCUT2D eigenvalue weighted by Gasteiger charge is -2.14. The molecule has 148 valence electrons. The van der Waals surface area contributed by atoms with Crippen molar-refractivity contribution in [2.75, 3.05) is 31.6 Å². The molecule has 1 heterocycles. The van der Waals surface area contributed by atoms with E-state index in [1.807, 2.05) is 18.2 Å². The zero-order valence-corrected chi connectivity index (χ0v) is 15.6. The molecule has 0 radical (unpaired) electrons. The van der Waals surface area contributed by atoms with Crippen LogP contribution in [0.3, 0.4) is 0 Å². The third-order valence-electron chi connectivity index (χ3n) is 3.98. The molecule has 1 aromatic heterocycles. The molecule has 3 rings (SSSR count). The minimum Gasteiger partial charge on any atom is -0.492 e. The van der Waals surface area contributed by atoms with E-state index in [0.717, 1.165) is 16.6 Å². The Labute approximate surface area is 162 Å². The highest BCUT2D eigenvalue weighted by Gasteiger charge is 2.08. The van der Waals surface area contributed by atoms with Gasteiger partial charge >= 0.3 is 0 Å². The van der Waals surface area contributed by atoms with Crippen LogP contribution in [0.2, 0.25) is 0 Å². The van der Waals surface area contributed by atoms with Crippen LogP contribution in [0.25, 0.3) is 10.9 Å². The topological polar surface area (TPSA) is 109 Å². The average Bonchev–Trinajstić information content (AvgIpc) is 3.16. The zero-order valence-electron chi connectivity index (χ0n) is 15.6. The predicted molar refractivity (Wildman–Crippen MR) is 107 cm³/mol. The summed E-state index contributed by atoms with van der Waals surface area (Å²) < 4.78 is 11.3. The molecule has 2 aromatic carbocycles. The maximum absolute atomic E-state index is 11.0. The number of nitrogens with zero attached hydrogens (tertiary/aromatic N) is 1. The number of aliphatic hydroxyl groups excluding tert-OH is 1. The summed E-state index contributed by atoms with van der Waals surface area (Å²) in [6, 6.07) is 12.8. The van der Waals surface area contributed by atoms with Crippen molar-refractivity contribution in [3.63, 3.8) is 0 Å². The Morgan fingerprint density at radius 3 is 2.82 bits per heavy atom. The zero-order chi connectivity index (χ0) is 19.8. The fourth-order valence-electron chi connectivity index (χ4n) is 2.66. The van der Waals surface area contributed by atoms with E-state index >= 15 is 0 Å². The van der Waals surface area contributed by atoms with Crippen molar-refractivity contribution in [2.45, 2.75) is 13.0 Å². The molecular weight excluding hydrogens is 360 g/mol. The van der Waals surface area contributed by atoms with E-state index < -0.39 is 6.10 Å². The van der Waals surface area contributed by atoms with Crippen LogP contribution in [0.1, 0.15) is 6.92 Å². The van der Waals surface area contributed by atoms with Gasteiger partial charge in [0.2, 0.25) is 5.91 Å². The number of anilines is 1. The van der Waals surface area contributed by atoms with Crippen LogP contribution in [-0.4, -0.2) is 53.6 Å². The van der Waals surface area contributed by atoms with Crippen LogP contribution in [-0.2, 0) is 4.79 Å². The van der Waals surface area contributed by atoms with Gasteiger partial charge in [-0.3, -0.25) is 9.89 Å². The second-order valence-electron chi connectivity index (χ2n) is 6.31. The normalized spacial score (nSPS) is 11.9. The summed E-state index contributed by atoms with van der Waals surface area (Å²) in [7, 11) is 0. The molecule has 1 atom stereocenters. The summed E-state index contributed by atoms with van der Waals surface area (Å²) in [4.78, 5) is 11.0. The number of nitrogens with one attached hydrogen (secondary N) is 3. The number of H-pyrrole nitrogens is 1. The van der Waals surface area contributed by atoms with Crippen molar-refractivity contribution >= 4 is 22.5 Å². The van der Waals surface area contributed by atoms with E-state index in [0.29, 0.717) is 31.2 Å². The lowest BCUT2D eigenvalue weighted by atomic mass is 10.2. The van der Waals surface area contributed by atoms with Crippen molar-refractivity contribution in [2.24, 2.45) is 0 Å². The molecule has 8 nitrogen and oxygen atoms in total. The summed E-state index contributed by atoms with van der Waals surface area (Å²) in [5, 5.41) is 23.7. The predicted octanol–water partition coefficient (Wildman–Crippen LogP) is 1.93. The second-order valence-corrected chi connectivity index (χ2v) is 6.31. The van der Waals surface area contributed by atoms with Crippen LogP contribution in [0.5, 0.6) is 11.5 Å². The molecule has 0 aliphatic rings. The van der Waals surface area contributed by atoms with Gasteiger partial charge in [0.05, 0.1) is 17.1 Å².